The summed E-state index contributed by atoms with van der Waals surface area (Å²) in [6, 6.07) is 4.75. The third-order valence-corrected chi connectivity index (χ3v) is 4.38. The first-order chi connectivity index (χ1) is 10.00. The zero-order valence-electron chi connectivity index (χ0n) is 11.9. The molecular formula is C13H18N4O3S. The molecule has 0 bridgehead atoms. The van der Waals surface area contributed by atoms with Crippen molar-refractivity contribution in [1.82, 2.24) is 9.78 Å². The molecule has 1 aromatic carbocycles. The molecule has 0 fully saturated rings. The Morgan fingerprint density at radius 3 is 2.76 bits per heavy atom. The zero-order chi connectivity index (χ0) is 15.5. The summed E-state index contributed by atoms with van der Waals surface area (Å²) in [4.78, 5) is 0.0615. The number of anilines is 1. The van der Waals surface area contributed by atoms with Gasteiger partial charge in [0.15, 0.2) is 0 Å². The lowest BCUT2D eigenvalue weighted by molar-refractivity contribution is 0.402. The number of nitrogens with one attached hydrogen (secondary N) is 1. The average molecular weight is 310 g/mol. The molecule has 114 valence electrons. The number of ether oxygens (including phenoxy) is 1. The van der Waals surface area contributed by atoms with Crippen molar-refractivity contribution in [3.05, 3.63) is 36.2 Å². The summed E-state index contributed by atoms with van der Waals surface area (Å²) in [5, 5.41) is 4.02. The van der Waals surface area contributed by atoms with Gasteiger partial charge >= 0.3 is 0 Å². The van der Waals surface area contributed by atoms with E-state index in [9.17, 15) is 8.42 Å². The Balaban J connectivity index is 2.34. The van der Waals surface area contributed by atoms with Crippen molar-refractivity contribution in [2.45, 2.75) is 24.9 Å². The fourth-order valence-electron chi connectivity index (χ4n) is 1.86. The van der Waals surface area contributed by atoms with E-state index >= 15 is 0 Å². The summed E-state index contributed by atoms with van der Waals surface area (Å²) in [6.45, 7) is 2.89. The standard InChI is InChI=1S/C13H18N4O3S/c1-3-17-9-11(8-15-17)16-21(18,19)13-5-4-10(7-14)6-12(13)20-2/h4-6,8-9,16H,3,7,14H2,1-2H3. The molecule has 0 amide bonds. The van der Waals surface area contributed by atoms with Gasteiger partial charge in [-0.05, 0) is 24.6 Å². The first-order valence-electron chi connectivity index (χ1n) is 6.42. The van der Waals surface area contributed by atoms with Crippen molar-refractivity contribution in [3.8, 4) is 5.75 Å². The van der Waals surface area contributed by atoms with Crippen LogP contribution in [0.5, 0.6) is 5.75 Å². The Morgan fingerprint density at radius 2 is 2.19 bits per heavy atom. The Labute approximate surface area is 123 Å². The topological polar surface area (TPSA) is 99.2 Å². The predicted octanol–water partition coefficient (Wildman–Crippen LogP) is 1.17. The number of hydrogen-bond donors (Lipinski definition) is 2. The molecule has 0 saturated heterocycles. The van der Waals surface area contributed by atoms with Crippen LogP contribution in [0.1, 0.15) is 12.5 Å². The highest BCUT2D eigenvalue weighted by molar-refractivity contribution is 7.92. The summed E-state index contributed by atoms with van der Waals surface area (Å²) in [6.07, 6.45) is 3.08. The van der Waals surface area contributed by atoms with Gasteiger partial charge in [-0.25, -0.2) is 8.42 Å². The van der Waals surface area contributed by atoms with Crippen molar-refractivity contribution in [1.29, 1.82) is 0 Å². The summed E-state index contributed by atoms with van der Waals surface area (Å²) in [5.74, 6) is 0.258. The van der Waals surface area contributed by atoms with E-state index < -0.39 is 10.0 Å². The number of nitrogens with zero attached hydrogens (tertiary/aromatic N) is 2. The second-order valence-corrected chi connectivity index (χ2v) is 6.03. The van der Waals surface area contributed by atoms with E-state index in [2.05, 4.69) is 9.82 Å². The van der Waals surface area contributed by atoms with E-state index in [1.165, 1.54) is 19.4 Å². The van der Waals surface area contributed by atoms with Gasteiger partial charge in [-0.15, -0.1) is 0 Å². The van der Waals surface area contributed by atoms with Crippen LogP contribution in [0.2, 0.25) is 0 Å². The second kappa shape index (κ2) is 6.15. The van der Waals surface area contributed by atoms with E-state index in [0.29, 0.717) is 18.8 Å². The summed E-state index contributed by atoms with van der Waals surface area (Å²) >= 11 is 0. The maximum atomic E-state index is 12.4. The van der Waals surface area contributed by atoms with Gasteiger partial charge in [0.25, 0.3) is 10.0 Å². The highest BCUT2D eigenvalue weighted by Gasteiger charge is 2.20. The molecule has 0 atom stereocenters. The number of hydrogen-bond acceptors (Lipinski definition) is 5. The van der Waals surface area contributed by atoms with E-state index in [1.54, 1.807) is 23.0 Å². The maximum absolute atomic E-state index is 12.4. The Bertz CT molecular complexity index is 725. The first-order valence-corrected chi connectivity index (χ1v) is 7.90. The molecule has 21 heavy (non-hydrogen) atoms. The highest BCUT2D eigenvalue weighted by Crippen LogP contribution is 2.26. The highest BCUT2D eigenvalue weighted by atomic mass is 32.2. The molecule has 2 aromatic rings. The molecule has 1 aromatic heterocycles. The maximum Gasteiger partial charge on any atom is 0.265 e. The number of benzene rings is 1. The summed E-state index contributed by atoms with van der Waals surface area (Å²) in [5.41, 5.74) is 6.74. The van der Waals surface area contributed by atoms with Gasteiger partial charge in [0.2, 0.25) is 0 Å². The molecule has 7 nitrogen and oxygen atoms in total. The molecule has 0 radical (unpaired) electrons. The lowest BCUT2D eigenvalue weighted by Crippen LogP contribution is -2.14. The van der Waals surface area contributed by atoms with Crippen LogP contribution in [0.3, 0.4) is 0 Å². The number of aromatic nitrogens is 2. The first kappa shape index (κ1) is 15.3. The van der Waals surface area contributed by atoms with Gasteiger partial charge < -0.3 is 10.5 Å². The average Bonchev–Trinajstić information content (AvgIpc) is 2.93. The number of methoxy groups -OCH3 is 1. The number of sulfonamides is 1. The minimum absolute atomic E-state index is 0.0615. The van der Waals surface area contributed by atoms with Crippen LogP contribution >= 0.6 is 0 Å². The quantitative estimate of drug-likeness (QED) is 0.834. The molecule has 0 aliphatic carbocycles. The van der Waals surface area contributed by atoms with Crippen molar-refractivity contribution < 1.29 is 13.2 Å². The molecule has 0 saturated carbocycles. The third-order valence-electron chi connectivity index (χ3n) is 2.96. The molecule has 0 aliphatic rings. The van der Waals surface area contributed by atoms with Crippen LogP contribution in [0.4, 0.5) is 5.69 Å². The van der Waals surface area contributed by atoms with Gasteiger partial charge in [-0.1, -0.05) is 6.07 Å². The minimum atomic E-state index is -3.75. The van der Waals surface area contributed by atoms with E-state index in [-0.39, 0.29) is 10.6 Å². The molecular weight excluding hydrogens is 292 g/mol. The van der Waals surface area contributed by atoms with Crippen molar-refractivity contribution in [2.75, 3.05) is 11.8 Å². The minimum Gasteiger partial charge on any atom is -0.495 e. The van der Waals surface area contributed by atoms with Crippen LogP contribution in [0, 0.1) is 0 Å². The molecule has 0 spiro atoms. The van der Waals surface area contributed by atoms with Gasteiger partial charge in [-0.2, -0.15) is 5.10 Å². The summed E-state index contributed by atoms with van der Waals surface area (Å²) in [7, 11) is -2.32. The van der Waals surface area contributed by atoms with Crippen molar-refractivity contribution >= 4 is 15.7 Å². The molecule has 0 unspecified atom stereocenters. The predicted molar refractivity (Wildman–Crippen MR) is 79.6 cm³/mol. The van der Waals surface area contributed by atoms with Crippen LogP contribution in [0.15, 0.2) is 35.5 Å². The Morgan fingerprint density at radius 1 is 1.43 bits per heavy atom. The fraction of sp³-hybridized carbons (Fsp3) is 0.308. The number of nitrogens with two attached hydrogens (primary N) is 1. The number of rotatable bonds is 6. The van der Waals surface area contributed by atoms with E-state index in [1.807, 2.05) is 6.92 Å². The van der Waals surface area contributed by atoms with E-state index in [4.69, 9.17) is 10.5 Å². The van der Waals surface area contributed by atoms with Crippen LogP contribution in [-0.4, -0.2) is 25.3 Å². The molecule has 0 aliphatic heterocycles. The monoisotopic (exact) mass is 310 g/mol. The van der Waals surface area contributed by atoms with Crippen LogP contribution in [-0.2, 0) is 23.1 Å². The third kappa shape index (κ3) is 3.34. The van der Waals surface area contributed by atoms with Crippen molar-refractivity contribution in [2.24, 2.45) is 5.73 Å². The lowest BCUT2D eigenvalue weighted by atomic mass is 10.2. The van der Waals surface area contributed by atoms with Crippen molar-refractivity contribution in [3.63, 3.8) is 0 Å². The molecule has 3 N–H and O–H groups in total. The van der Waals surface area contributed by atoms with Gasteiger partial charge in [0, 0.05) is 19.3 Å². The Kier molecular flexibility index (Phi) is 4.49. The molecule has 2 rings (SSSR count). The molecule has 1 heterocycles. The van der Waals surface area contributed by atoms with E-state index in [0.717, 1.165) is 5.56 Å². The van der Waals surface area contributed by atoms with Gasteiger partial charge in [0.05, 0.1) is 19.0 Å². The zero-order valence-corrected chi connectivity index (χ0v) is 12.7. The fourth-order valence-corrected chi connectivity index (χ4v) is 3.04. The number of aryl methyl sites for hydroxylation is 1. The summed E-state index contributed by atoms with van der Waals surface area (Å²) < 4.78 is 34.1. The smallest absolute Gasteiger partial charge is 0.265 e. The molecule has 8 heteroatoms. The van der Waals surface area contributed by atoms with Gasteiger partial charge in [-0.3, -0.25) is 9.40 Å². The van der Waals surface area contributed by atoms with Crippen LogP contribution < -0.4 is 15.2 Å². The SMILES string of the molecule is CCn1cc(NS(=O)(=O)c2ccc(CN)cc2OC)cn1. The van der Waals surface area contributed by atoms with Crippen LogP contribution in [0.25, 0.3) is 0 Å². The largest absolute Gasteiger partial charge is 0.495 e. The lowest BCUT2D eigenvalue weighted by Gasteiger charge is -2.11. The van der Waals surface area contributed by atoms with Gasteiger partial charge in [0.1, 0.15) is 10.6 Å². The second-order valence-electron chi connectivity index (χ2n) is 4.38. The Hall–Kier alpha value is -2.06. The normalized spacial score (nSPS) is 11.4.